The van der Waals surface area contributed by atoms with Gasteiger partial charge < -0.3 is 10.2 Å². The molecule has 28 heavy (non-hydrogen) atoms. The lowest BCUT2D eigenvalue weighted by Gasteiger charge is -2.35. The van der Waals surface area contributed by atoms with Gasteiger partial charge in [0, 0.05) is 43.1 Å². The standard InChI is InChI=1S/C22H21FN4O/c1-15-18(4-3-11-24-15)22(28)19-5-2-6-21(26-19)27-13-12-25-20(14-27)16-7-9-17(23)10-8-16/h2-11,20,25H,12-14H2,1H3. The second kappa shape index (κ2) is 7.86. The minimum atomic E-state index is -0.241. The smallest absolute Gasteiger partial charge is 0.213 e. The summed E-state index contributed by atoms with van der Waals surface area (Å²) in [5, 5.41) is 3.46. The van der Waals surface area contributed by atoms with Crippen molar-refractivity contribution in [2.24, 2.45) is 0 Å². The number of nitrogens with zero attached hydrogens (tertiary/aromatic N) is 3. The van der Waals surface area contributed by atoms with Gasteiger partial charge in [0.25, 0.3) is 0 Å². The van der Waals surface area contributed by atoms with E-state index in [1.165, 1.54) is 12.1 Å². The van der Waals surface area contributed by atoms with Crippen LogP contribution in [-0.4, -0.2) is 35.4 Å². The van der Waals surface area contributed by atoms with Gasteiger partial charge in [-0.1, -0.05) is 18.2 Å². The van der Waals surface area contributed by atoms with E-state index in [0.29, 0.717) is 23.5 Å². The summed E-state index contributed by atoms with van der Waals surface area (Å²) in [7, 11) is 0. The van der Waals surface area contributed by atoms with Crippen LogP contribution in [0.3, 0.4) is 0 Å². The summed E-state index contributed by atoms with van der Waals surface area (Å²) < 4.78 is 13.2. The first-order chi connectivity index (χ1) is 13.6. The Morgan fingerprint density at radius 1 is 1.14 bits per heavy atom. The molecule has 0 radical (unpaired) electrons. The molecule has 0 aliphatic carbocycles. The molecule has 6 heteroatoms. The Kier molecular flexibility index (Phi) is 5.12. The molecule has 0 spiro atoms. The number of rotatable bonds is 4. The van der Waals surface area contributed by atoms with Gasteiger partial charge in [0.2, 0.25) is 5.78 Å². The third kappa shape index (κ3) is 3.77. The molecule has 0 amide bonds. The van der Waals surface area contributed by atoms with Crippen LogP contribution in [0.4, 0.5) is 10.2 Å². The summed E-state index contributed by atoms with van der Waals surface area (Å²) in [5.74, 6) is 0.397. The summed E-state index contributed by atoms with van der Waals surface area (Å²) in [6.07, 6.45) is 1.67. The highest BCUT2D eigenvalue weighted by Crippen LogP contribution is 2.22. The molecule has 1 aliphatic heterocycles. The number of hydrogen-bond donors (Lipinski definition) is 1. The highest BCUT2D eigenvalue weighted by Gasteiger charge is 2.23. The Labute approximate surface area is 163 Å². The topological polar surface area (TPSA) is 58.1 Å². The van der Waals surface area contributed by atoms with Crippen molar-refractivity contribution in [1.82, 2.24) is 15.3 Å². The molecule has 1 saturated heterocycles. The van der Waals surface area contributed by atoms with Crippen molar-refractivity contribution in [1.29, 1.82) is 0 Å². The van der Waals surface area contributed by atoms with E-state index in [-0.39, 0.29) is 17.6 Å². The maximum atomic E-state index is 13.2. The number of hydrogen-bond acceptors (Lipinski definition) is 5. The number of carbonyl (C=O) groups excluding carboxylic acids is 1. The monoisotopic (exact) mass is 376 g/mol. The van der Waals surface area contributed by atoms with Crippen LogP contribution in [0.25, 0.3) is 0 Å². The predicted molar refractivity (Wildman–Crippen MR) is 106 cm³/mol. The summed E-state index contributed by atoms with van der Waals surface area (Å²) in [4.78, 5) is 23.8. The van der Waals surface area contributed by atoms with Gasteiger partial charge in [0.05, 0.1) is 0 Å². The van der Waals surface area contributed by atoms with Gasteiger partial charge in [0.15, 0.2) is 0 Å². The molecule has 4 rings (SSSR count). The fourth-order valence-corrected chi connectivity index (χ4v) is 3.46. The van der Waals surface area contributed by atoms with Crippen LogP contribution in [0, 0.1) is 12.7 Å². The maximum absolute atomic E-state index is 13.2. The second-order valence-corrected chi connectivity index (χ2v) is 6.85. The van der Waals surface area contributed by atoms with Gasteiger partial charge in [-0.25, -0.2) is 9.37 Å². The first-order valence-corrected chi connectivity index (χ1v) is 9.29. The third-order valence-electron chi connectivity index (χ3n) is 4.99. The van der Waals surface area contributed by atoms with E-state index in [2.05, 4.69) is 20.2 Å². The molecule has 1 unspecified atom stereocenters. The fourth-order valence-electron chi connectivity index (χ4n) is 3.46. The largest absolute Gasteiger partial charge is 0.353 e. The van der Waals surface area contributed by atoms with Crippen LogP contribution in [0.15, 0.2) is 60.8 Å². The van der Waals surface area contributed by atoms with Crippen molar-refractivity contribution in [3.8, 4) is 0 Å². The van der Waals surface area contributed by atoms with Gasteiger partial charge in [-0.2, -0.15) is 0 Å². The number of piperazine rings is 1. The number of anilines is 1. The molecule has 1 N–H and O–H groups in total. The second-order valence-electron chi connectivity index (χ2n) is 6.85. The van der Waals surface area contributed by atoms with E-state index < -0.39 is 0 Å². The molecular formula is C22H21FN4O. The molecule has 5 nitrogen and oxygen atoms in total. The van der Waals surface area contributed by atoms with Crippen molar-refractivity contribution < 1.29 is 9.18 Å². The van der Waals surface area contributed by atoms with Crippen molar-refractivity contribution in [3.63, 3.8) is 0 Å². The van der Waals surface area contributed by atoms with Crippen molar-refractivity contribution in [3.05, 3.63) is 89.1 Å². The average molecular weight is 376 g/mol. The summed E-state index contributed by atoms with van der Waals surface area (Å²) in [6, 6.07) is 15.7. The molecule has 0 bridgehead atoms. The molecule has 1 atom stereocenters. The van der Waals surface area contributed by atoms with Gasteiger partial charge in [-0.05, 0) is 48.9 Å². The van der Waals surface area contributed by atoms with Crippen LogP contribution in [0.5, 0.6) is 0 Å². The zero-order valence-electron chi connectivity index (χ0n) is 15.6. The number of halogens is 1. The molecule has 3 aromatic rings. The Morgan fingerprint density at radius 3 is 2.75 bits per heavy atom. The molecule has 2 aromatic heterocycles. The fraction of sp³-hybridized carbons (Fsp3) is 0.227. The lowest BCUT2D eigenvalue weighted by Crippen LogP contribution is -2.46. The van der Waals surface area contributed by atoms with Crippen LogP contribution >= 0.6 is 0 Å². The summed E-state index contributed by atoms with van der Waals surface area (Å²) in [6.45, 7) is 4.08. The Balaban J connectivity index is 1.56. The van der Waals surface area contributed by atoms with Gasteiger partial charge in [0.1, 0.15) is 17.3 Å². The average Bonchev–Trinajstić information content (AvgIpc) is 2.74. The SMILES string of the molecule is Cc1ncccc1C(=O)c1cccc(N2CCNC(c3ccc(F)cc3)C2)n1. The molecular weight excluding hydrogens is 355 g/mol. The van der Waals surface area contributed by atoms with Crippen LogP contribution < -0.4 is 10.2 Å². The Hall–Kier alpha value is -3.12. The highest BCUT2D eigenvalue weighted by atomic mass is 19.1. The zero-order chi connectivity index (χ0) is 19.5. The van der Waals surface area contributed by atoms with Gasteiger partial charge >= 0.3 is 0 Å². The third-order valence-corrected chi connectivity index (χ3v) is 4.99. The van der Waals surface area contributed by atoms with Gasteiger partial charge in [-0.15, -0.1) is 0 Å². The van der Waals surface area contributed by atoms with Crippen molar-refractivity contribution >= 4 is 11.6 Å². The van der Waals surface area contributed by atoms with Crippen molar-refractivity contribution in [2.75, 3.05) is 24.5 Å². The van der Waals surface area contributed by atoms with Crippen LogP contribution in [-0.2, 0) is 0 Å². The summed E-state index contributed by atoms with van der Waals surface area (Å²) in [5.41, 5.74) is 2.70. The first-order valence-electron chi connectivity index (χ1n) is 9.29. The molecule has 1 aliphatic rings. The predicted octanol–water partition coefficient (Wildman–Crippen LogP) is 3.31. The summed E-state index contributed by atoms with van der Waals surface area (Å²) >= 11 is 0. The molecule has 3 heterocycles. The number of ketones is 1. The van der Waals surface area contributed by atoms with Gasteiger partial charge in [-0.3, -0.25) is 9.78 Å². The molecule has 0 saturated carbocycles. The molecule has 142 valence electrons. The minimum Gasteiger partial charge on any atom is -0.353 e. The molecule has 1 fully saturated rings. The number of pyridine rings is 2. The van der Waals surface area contributed by atoms with Crippen LogP contribution in [0.1, 0.15) is 33.4 Å². The van der Waals surface area contributed by atoms with E-state index in [1.807, 2.05) is 19.1 Å². The lowest BCUT2D eigenvalue weighted by molar-refractivity contribution is 0.103. The number of nitrogens with one attached hydrogen (secondary N) is 1. The Bertz CT molecular complexity index is 990. The van der Waals surface area contributed by atoms with E-state index in [4.69, 9.17) is 0 Å². The Morgan fingerprint density at radius 2 is 1.96 bits per heavy atom. The maximum Gasteiger partial charge on any atom is 0.213 e. The number of benzene rings is 1. The normalized spacial score (nSPS) is 16.8. The van der Waals surface area contributed by atoms with E-state index in [1.54, 1.807) is 36.5 Å². The zero-order valence-corrected chi connectivity index (χ0v) is 15.6. The van der Waals surface area contributed by atoms with E-state index in [9.17, 15) is 9.18 Å². The lowest BCUT2D eigenvalue weighted by atomic mass is 10.0. The highest BCUT2D eigenvalue weighted by molar-refractivity contribution is 6.08. The van der Waals surface area contributed by atoms with Crippen LogP contribution in [0.2, 0.25) is 0 Å². The number of aryl methyl sites for hydroxylation is 1. The molecule has 1 aromatic carbocycles. The first kappa shape index (κ1) is 18.3. The van der Waals surface area contributed by atoms with E-state index >= 15 is 0 Å². The number of aromatic nitrogens is 2. The minimum absolute atomic E-state index is 0.0797. The van der Waals surface area contributed by atoms with Crippen molar-refractivity contribution in [2.45, 2.75) is 13.0 Å². The quantitative estimate of drug-likeness (QED) is 0.708. The van der Waals surface area contributed by atoms with E-state index in [0.717, 1.165) is 24.5 Å². The number of carbonyl (C=O) groups is 1.